The van der Waals surface area contributed by atoms with Crippen LogP contribution < -0.4 is 5.32 Å². The second kappa shape index (κ2) is 6.53. The Bertz CT molecular complexity index is 618. The molecule has 0 bridgehead atoms. The van der Waals surface area contributed by atoms with Gasteiger partial charge in [-0.2, -0.15) is 4.31 Å². The Labute approximate surface area is 124 Å². The van der Waals surface area contributed by atoms with Gasteiger partial charge in [0.25, 0.3) is 0 Å². The van der Waals surface area contributed by atoms with Crippen molar-refractivity contribution in [1.29, 1.82) is 0 Å². The summed E-state index contributed by atoms with van der Waals surface area (Å²) < 4.78 is 37.8. The Morgan fingerprint density at radius 3 is 2.81 bits per heavy atom. The van der Waals surface area contributed by atoms with Crippen molar-refractivity contribution in [2.75, 3.05) is 19.3 Å². The van der Waals surface area contributed by atoms with E-state index in [2.05, 4.69) is 5.32 Å². The highest BCUT2D eigenvalue weighted by molar-refractivity contribution is 7.88. The summed E-state index contributed by atoms with van der Waals surface area (Å²) in [6, 6.07) is 5.75. The molecule has 21 heavy (non-hydrogen) atoms. The van der Waals surface area contributed by atoms with Gasteiger partial charge in [-0.05, 0) is 30.9 Å². The van der Waals surface area contributed by atoms with Crippen LogP contribution in [0.3, 0.4) is 0 Å². The van der Waals surface area contributed by atoms with Gasteiger partial charge in [-0.3, -0.25) is 4.79 Å². The minimum atomic E-state index is -3.37. The van der Waals surface area contributed by atoms with Gasteiger partial charge in [0.05, 0.1) is 6.26 Å². The van der Waals surface area contributed by atoms with Crippen LogP contribution in [0.5, 0.6) is 0 Å². The normalized spacial score (nSPS) is 19.6. The second-order valence-electron chi connectivity index (χ2n) is 5.16. The Kier molecular flexibility index (Phi) is 4.95. The summed E-state index contributed by atoms with van der Waals surface area (Å²) >= 11 is 0. The molecule has 1 atom stereocenters. The highest BCUT2D eigenvalue weighted by Crippen LogP contribution is 2.20. The molecule has 1 aliphatic rings. The van der Waals surface area contributed by atoms with E-state index in [1.807, 2.05) is 0 Å². The second-order valence-corrected chi connectivity index (χ2v) is 7.10. The molecule has 7 heteroatoms. The summed E-state index contributed by atoms with van der Waals surface area (Å²) in [5.41, 5.74) is 0.532. The van der Waals surface area contributed by atoms with Crippen LogP contribution in [0.25, 0.3) is 0 Å². The number of carbonyl (C=O) groups is 1. The monoisotopic (exact) mass is 314 g/mol. The summed E-state index contributed by atoms with van der Waals surface area (Å²) in [5.74, 6) is -0.611. The smallest absolute Gasteiger partial charge is 0.238 e. The summed E-state index contributed by atoms with van der Waals surface area (Å²) in [6.45, 7) is 0.665. The van der Waals surface area contributed by atoms with Gasteiger partial charge < -0.3 is 5.32 Å². The molecule has 0 aromatic heterocycles. The third-order valence-electron chi connectivity index (χ3n) is 3.58. The largest absolute Gasteiger partial charge is 0.354 e. The molecular weight excluding hydrogens is 295 g/mol. The van der Waals surface area contributed by atoms with Gasteiger partial charge in [0, 0.05) is 13.1 Å². The van der Waals surface area contributed by atoms with Crippen LogP contribution in [0.2, 0.25) is 0 Å². The molecule has 1 heterocycles. The lowest BCUT2D eigenvalue weighted by Crippen LogP contribution is -2.45. The number of hydrogen-bond donors (Lipinski definition) is 1. The first-order chi connectivity index (χ1) is 9.89. The van der Waals surface area contributed by atoms with E-state index in [0.29, 0.717) is 31.4 Å². The Morgan fingerprint density at radius 1 is 1.43 bits per heavy atom. The Hall–Kier alpha value is -1.47. The Balaban J connectivity index is 1.89. The maximum Gasteiger partial charge on any atom is 0.238 e. The van der Waals surface area contributed by atoms with E-state index in [0.717, 1.165) is 6.26 Å². The summed E-state index contributed by atoms with van der Waals surface area (Å²) in [4.78, 5) is 12.1. The van der Waals surface area contributed by atoms with E-state index in [4.69, 9.17) is 0 Å². The number of rotatable bonds is 5. The quantitative estimate of drug-likeness (QED) is 0.878. The van der Waals surface area contributed by atoms with Gasteiger partial charge in [0.15, 0.2) is 0 Å². The van der Waals surface area contributed by atoms with Crippen LogP contribution >= 0.6 is 0 Å². The molecule has 0 unspecified atom stereocenters. The van der Waals surface area contributed by atoms with E-state index >= 15 is 0 Å². The number of nitrogens with zero attached hydrogens (tertiary/aromatic N) is 1. The van der Waals surface area contributed by atoms with Crippen LogP contribution in [0.1, 0.15) is 18.4 Å². The summed E-state index contributed by atoms with van der Waals surface area (Å²) in [6.07, 6.45) is 2.69. The van der Waals surface area contributed by atoms with Gasteiger partial charge in [-0.1, -0.05) is 18.2 Å². The molecule has 1 aliphatic heterocycles. The van der Waals surface area contributed by atoms with E-state index in [1.54, 1.807) is 18.2 Å². The number of carbonyl (C=O) groups excluding carboxylic acids is 1. The maximum absolute atomic E-state index is 13.4. The molecule has 1 fully saturated rings. The number of benzene rings is 1. The number of halogens is 1. The van der Waals surface area contributed by atoms with Crippen molar-refractivity contribution in [3.05, 3.63) is 35.6 Å². The molecule has 5 nitrogen and oxygen atoms in total. The van der Waals surface area contributed by atoms with Crippen molar-refractivity contribution in [2.45, 2.75) is 25.3 Å². The van der Waals surface area contributed by atoms with Gasteiger partial charge in [0.1, 0.15) is 11.9 Å². The van der Waals surface area contributed by atoms with E-state index < -0.39 is 16.1 Å². The van der Waals surface area contributed by atoms with Gasteiger partial charge >= 0.3 is 0 Å². The number of hydrogen-bond acceptors (Lipinski definition) is 3. The third kappa shape index (κ3) is 4.01. The molecule has 0 aliphatic carbocycles. The van der Waals surface area contributed by atoms with Gasteiger partial charge in [0.2, 0.25) is 15.9 Å². The first-order valence-corrected chi connectivity index (χ1v) is 8.72. The molecule has 0 spiro atoms. The molecule has 1 aromatic rings. The number of nitrogens with one attached hydrogen (secondary N) is 1. The zero-order chi connectivity index (χ0) is 15.5. The minimum Gasteiger partial charge on any atom is -0.354 e. The van der Waals surface area contributed by atoms with Crippen LogP contribution in [0, 0.1) is 5.82 Å². The van der Waals surface area contributed by atoms with Crippen molar-refractivity contribution in [3.8, 4) is 0 Å². The molecule has 0 radical (unpaired) electrons. The SMILES string of the molecule is CS(=O)(=O)N1CCC[C@H]1C(=O)NCCc1ccccc1F. The lowest BCUT2D eigenvalue weighted by Gasteiger charge is -2.21. The van der Waals surface area contributed by atoms with Crippen molar-refractivity contribution in [2.24, 2.45) is 0 Å². The van der Waals surface area contributed by atoms with Crippen LogP contribution in [-0.2, 0) is 21.2 Å². The molecule has 2 rings (SSSR count). The highest BCUT2D eigenvalue weighted by Gasteiger charge is 2.36. The van der Waals surface area contributed by atoms with Gasteiger partial charge in [-0.15, -0.1) is 0 Å². The number of amides is 1. The summed E-state index contributed by atoms with van der Waals surface area (Å²) in [7, 11) is -3.37. The molecule has 116 valence electrons. The van der Waals surface area contributed by atoms with Crippen LogP contribution in [0.4, 0.5) is 4.39 Å². The maximum atomic E-state index is 13.4. The third-order valence-corrected chi connectivity index (χ3v) is 4.87. The minimum absolute atomic E-state index is 0.286. The lowest BCUT2D eigenvalue weighted by atomic mass is 10.1. The first kappa shape index (κ1) is 15.9. The molecule has 1 saturated heterocycles. The predicted molar refractivity (Wildman–Crippen MR) is 77.7 cm³/mol. The van der Waals surface area contributed by atoms with Crippen molar-refractivity contribution >= 4 is 15.9 Å². The zero-order valence-corrected chi connectivity index (χ0v) is 12.7. The average Bonchev–Trinajstić information content (AvgIpc) is 2.90. The molecule has 1 N–H and O–H groups in total. The fourth-order valence-electron chi connectivity index (χ4n) is 2.54. The highest BCUT2D eigenvalue weighted by atomic mass is 32.2. The Morgan fingerprint density at radius 2 is 2.14 bits per heavy atom. The molecular formula is C14H19FN2O3S. The van der Waals surface area contributed by atoms with Gasteiger partial charge in [-0.25, -0.2) is 12.8 Å². The molecule has 1 amide bonds. The van der Waals surface area contributed by atoms with Crippen molar-refractivity contribution in [1.82, 2.24) is 9.62 Å². The van der Waals surface area contributed by atoms with Crippen molar-refractivity contribution in [3.63, 3.8) is 0 Å². The molecule has 0 saturated carbocycles. The van der Waals surface area contributed by atoms with E-state index in [-0.39, 0.29) is 18.3 Å². The summed E-state index contributed by atoms with van der Waals surface area (Å²) in [5, 5.41) is 2.69. The van der Waals surface area contributed by atoms with Crippen molar-refractivity contribution < 1.29 is 17.6 Å². The fourth-order valence-corrected chi connectivity index (χ4v) is 3.66. The zero-order valence-electron chi connectivity index (χ0n) is 11.9. The van der Waals surface area contributed by atoms with Crippen LogP contribution in [0.15, 0.2) is 24.3 Å². The standard InChI is InChI=1S/C14H19FN2O3S/c1-21(19,20)17-10-4-7-13(17)14(18)16-9-8-11-5-2-3-6-12(11)15/h2-3,5-6,13H,4,7-10H2,1H3,(H,16,18)/t13-/m0/s1. The average molecular weight is 314 g/mol. The number of sulfonamides is 1. The first-order valence-electron chi connectivity index (χ1n) is 6.87. The van der Waals surface area contributed by atoms with E-state index in [1.165, 1.54) is 10.4 Å². The lowest BCUT2D eigenvalue weighted by molar-refractivity contribution is -0.124. The van der Waals surface area contributed by atoms with Crippen LogP contribution in [-0.4, -0.2) is 44.0 Å². The fraction of sp³-hybridized carbons (Fsp3) is 0.500. The van der Waals surface area contributed by atoms with E-state index in [9.17, 15) is 17.6 Å². The topological polar surface area (TPSA) is 66.5 Å². The predicted octanol–water partition coefficient (Wildman–Crippen LogP) is 0.908. The molecule has 1 aromatic carbocycles.